The maximum Gasteiger partial charge on any atom is 0.354 e. The minimum atomic E-state index is -0.801. The number of benzene rings is 1. The number of rotatable bonds is 5. The first-order valence-corrected chi connectivity index (χ1v) is 9.74. The van der Waals surface area contributed by atoms with Gasteiger partial charge >= 0.3 is 11.9 Å². The molecule has 0 aliphatic heterocycles. The van der Waals surface area contributed by atoms with Crippen molar-refractivity contribution in [2.45, 2.75) is 51.9 Å². The van der Waals surface area contributed by atoms with Crippen molar-refractivity contribution in [3.05, 3.63) is 43.1 Å². The van der Waals surface area contributed by atoms with E-state index in [-0.39, 0.29) is 16.8 Å². The number of hydrogen-bond acceptors (Lipinski definition) is 7. The molecule has 1 aromatic carbocycles. The molecule has 158 valence electrons. The van der Waals surface area contributed by atoms with Crippen molar-refractivity contribution >= 4 is 39.2 Å². The highest BCUT2D eigenvalue weighted by Crippen LogP contribution is 2.58. The summed E-state index contributed by atoms with van der Waals surface area (Å²) in [5, 5.41) is 14.9. The van der Waals surface area contributed by atoms with E-state index >= 15 is 0 Å². The molecule has 0 bridgehead atoms. The average Bonchev–Trinajstić information content (AvgIpc) is 2.80. The number of halogens is 1. The summed E-state index contributed by atoms with van der Waals surface area (Å²) in [5.74, 6) is -1.56. The van der Waals surface area contributed by atoms with Crippen LogP contribution in [0.15, 0.2) is 16.2 Å². The van der Waals surface area contributed by atoms with Crippen LogP contribution < -0.4 is 5.32 Å². The molecule has 0 radical (unpaired) electrons. The molecule has 29 heavy (non-hydrogen) atoms. The molecule has 8 nitrogen and oxygen atoms in total. The van der Waals surface area contributed by atoms with Crippen LogP contribution in [-0.4, -0.2) is 31.1 Å². The van der Waals surface area contributed by atoms with Gasteiger partial charge in [0.05, 0.1) is 36.5 Å². The maximum absolute atomic E-state index is 12.2. The van der Waals surface area contributed by atoms with Gasteiger partial charge in [-0.3, -0.25) is 10.1 Å². The Labute approximate surface area is 177 Å². The molecular formula is C20H25BrN2O6. The van der Waals surface area contributed by atoms with E-state index in [1.165, 1.54) is 14.2 Å². The van der Waals surface area contributed by atoms with Gasteiger partial charge < -0.3 is 14.8 Å². The fourth-order valence-corrected chi connectivity index (χ4v) is 5.48. The minimum absolute atomic E-state index is 0.00330. The number of anilines is 1. The van der Waals surface area contributed by atoms with Crippen molar-refractivity contribution in [2.75, 3.05) is 19.5 Å². The van der Waals surface area contributed by atoms with Crippen LogP contribution in [0.1, 0.15) is 50.8 Å². The summed E-state index contributed by atoms with van der Waals surface area (Å²) in [6.45, 7) is 9.65. The normalized spacial score (nSPS) is 16.8. The zero-order chi connectivity index (χ0) is 22.3. The Morgan fingerprint density at radius 3 is 2.17 bits per heavy atom. The van der Waals surface area contributed by atoms with Crippen molar-refractivity contribution in [1.29, 1.82) is 0 Å². The van der Waals surface area contributed by atoms with Gasteiger partial charge in [0, 0.05) is 10.0 Å². The predicted molar refractivity (Wildman–Crippen MR) is 112 cm³/mol. The SMILES string of the molecule is COC(=O)/C=C(/Nc1c(C)c([N+](=O)[O-])c2c(c1Br)C(C)(C)CC2(C)C)C(=O)OC. The van der Waals surface area contributed by atoms with Crippen LogP contribution in [0.3, 0.4) is 0 Å². The first-order chi connectivity index (χ1) is 13.3. The summed E-state index contributed by atoms with van der Waals surface area (Å²) >= 11 is 3.60. The molecule has 2 rings (SSSR count). The second-order valence-corrected chi connectivity index (χ2v) is 9.10. The fourth-order valence-electron chi connectivity index (χ4n) is 4.34. The standard InChI is InChI=1S/C20H25BrN2O6/c1-10-16(22-11(18(25)29-7)8-12(24)28-6)15(21)13-14(17(10)23(26)27)20(4,5)9-19(13,2)3/h8,22H,9H2,1-7H3/b11-8+. The largest absolute Gasteiger partial charge is 0.466 e. The molecule has 0 spiro atoms. The van der Waals surface area contributed by atoms with Crippen molar-refractivity contribution in [1.82, 2.24) is 0 Å². The van der Waals surface area contributed by atoms with Gasteiger partial charge in [-0.2, -0.15) is 0 Å². The van der Waals surface area contributed by atoms with Crippen LogP contribution in [0, 0.1) is 17.0 Å². The number of ether oxygens (including phenoxy) is 2. The highest BCUT2D eigenvalue weighted by atomic mass is 79.9. The van der Waals surface area contributed by atoms with Gasteiger partial charge in [-0.05, 0) is 45.7 Å². The van der Waals surface area contributed by atoms with E-state index in [9.17, 15) is 19.7 Å². The molecule has 1 aliphatic rings. The molecule has 1 aromatic rings. The third-order valence-electron chi connectivity index (χ3n) is 5.20. The Bertz CT molecular complexity index is 934. The number of carbonyl (C=O) groups excluding carboxylic acids is 2. The van der Waals surface area contributed by atoms with E-state index in [4.69, 9.17) is 4.74 Å². The first-order valence-electron chi connectivity index (χ1n) is 8.95. The van der Waals surface area contributed by atoms with E-state index in [0.29, 0.717) is 21.3 Å². The van der Waals surface area contributed by atoms with Crippen LogP contribution in [0.5, 0.6) is 0 Å². The maximum atomic E-state index is 12.2. The molecule has 0 aromatic heterocycles. The van der Waals surface area contributed by atoms with Crippen LogP contribution in [0.2, 0.25) is 0 Å². The van der Waals surface area contributed by atoms with Crippen LogP contribution in [-0.2, 0) is 29.9 Å². The summed E-state index contributed by atoms with van der Waals surface area (Å²) in [7, 11) is 2.35. The van der Waals surface area contributed by atoms with E-state index in [1.807, 2.05) is 27.7 Å². The number of fused-ring (bicyclic) bond motifs is 1. The molecule has 1 N–H and O–H groups in total. The average molecular weight is 469 g/mol. The topological polar surface area (TPSA) is 108 Å². The third kappa shape index (κ3) is 4.01. The number of methoxy groups -OCH3 is 2. The Hall–Kier alpha value is -2.42. The minimum Gasteiger partial charge on any atom is -0.466 e. The number of hydrogen-bond donors (Lipinski definition) is 1. The number of esters is 2. The summed E-state index contributed by atoms with van der Waals surface area (Å²) in [4.78, 5) is 35.5. The second-order valence-electron chi connectivity index (χ2n) is 8.31. The van der Waals surface area contributed by atoms with Gasteiger partial charge in [0.15, 0.2) is 0 Å². The second kappa shape index (κ2) is 7.78. The highest BCUT2D eigenvalue weighted by Gasteiger charge is 2.49. The number of nitrogens with one attached hydrogen (secondary N) is 1. The van der Waals surface area contributed by atoms with E-state index < -0.39 is 22.3 Å². The van der Waals surface area contributed by atoms with E-state index in [1.54, 1.807) is 6.92 Å². The molecule has 0 saturated heterocycles. The van der Waals surface area contributed by atoms with Gasteiger partial charge in [0.2, 0.25) is 0 Å². The first kappa shape index (κ1) is 22.9. The summed E-state index contributed by atoms with van der Waals surface area (Å²) in [5.41, 5.74) is 1.25. The summed E-state index contributed by atoms with van der Waals surface area (Å²) in [6, 6.07) is 0. The zero-order valence-corrected chi connectivity index (χ0v) is 19.1. The van der Waals surface area contributed by atoms with Gasteiger partial charge in [-0.1, -0.05) is 27.7 Å². The van der Waals surface area contributed by atoms with Crippen LogP contribution in [0.4, 0.5) is 11.4 Å². The third-order valence-corrected chi connectivity index (χ3v) is 6.00. The Balaban J connectivity index is 2.83. The lowest BCUT2D eigenvalue weighted by atomic mass is 9.81. The van der Waals surface area contributed by atoms with Gasteiger partial charge in [0.1, 0.15) is 5.70 Å². The van der Waals surface area contributed by atoms with Gasteiger partial charge in [-0.25, -0.2) is 9.59 Å². The van der Waals surface area contributed by atoms with E-state index in [2.05, 4.69) is 26.0 Å². The van der Waals surface area contributed by atoms with Crippen LogP contribution in [0.25, 0.3) is 0 Å². The molecule has 0 unspecified atom stereocenters. The Morgan fingerprint density at radius 2 is 1.69 bits per heavy atom. The van der Waals surface area contributed by atoms with Gasteiger partial charge in [-0.15, -0.1) is 0 Å². The smallest absolute Gasteiger partial charge is 0.354 e. The number of nitro groups is 1. The molecule has 0 heterocycles. The molecular weight excluding hydrogens is 444 g/mol. The van der Waals surface area contributed by atoms with E-state index in [0.717, 1.165) is 18.1 Å². The van der Waals surface area contributed by atoms with Gasteiger partial charge in [0.25, 0.3) is 5.69 Å². The predicted octanol–water partition coefficient (Wildman–Crippen LogP) is 4.27. The quantitative estimate of drug-likeness (QED) is 0.297. The molecule has 9 heteroatoms. The molecule has 0 atom stereocenters. The summed E-state index contributed by atoms with van der Waals surface area (Å²) in [6.07, 6.45) is 1.67. The lowest BCUT2D eigenvalue weighted by Gasteiger charge is -2.24. The van der Waals surface area contributed by atoms with Crippen molar-refractivity contribution < 1.29 is 24.0 Å². The lowest BCUT2D eigenvalue weighted by Crippen LogP contribution is -2.19. The number of nitro benzene ring substituents is 1. The zero-order valence-electron chi connectivity index (χ0n) is 17.6. The lowest BCUT2D eigenvalue weighted by molar-refractivity contribution is -0.386. The van der Waals surface area contributed by atoms with Crippen molar-refractivity contribution in [3.63, 3.8) is 0 Å². The summed E-state index contributed by atoms with van der Waals surface area (Å²) < 4.78 is 9.93. The van der Waals surface area contributed by atoms with Crippen LogP contribution >= 0.6 is 15.9 Å². The van der Waals surface area contributed by atoms with Crippen molar-refractivity contribution in [3.8, 4) is 0 Å². The molecule has 0 fully saturated rings. The monoisotopic (exact) mass is 468 g/mol. The highest BCUT2D eigenvalue weighted by molar-refractivity contribution is 9.10. The number of carbonyl (C=O) groups is 2. The molecule has 0 amide bonds. The fraction of sp³-hybridized carbons (Fsp3) is 0.500. The molecule has 0 saturated carbocycles. The molecule has 1 aliphatic carbocycles. The van der Waals surface area contributed by atoms with Crippen molar-refractivity contribution in [2.24, 2.45) is 0 Å². The number of nitrogens with zero attached hydrogens (tertiary/aromatic N) is 1. The Kier molecular flexibility index (Phi) is 6.13. The Morgan fingerprint density at radius 1 is 1.14 bits per heavy atom.